The minimum absolute atomic E-state index is 0.0308. The number of benzene rings is 1. The lowest BCUT2D eigenvalue weighted by atomic mass is 9.97. The van der Waals surface area contributed by atoms with Crippen LogP contribution in [0, 0.1) is 5.92 Å². The number of nitrogens with zero attached hydrogens (tertiary/aromatic N) is 1. The Morgan fingerprint density at radius 1 is 1.19 bits per heavy atom. The number of carbonyl (C=O) groups is 2. The summed E-state index contributed by atoms with van der Waals surface area (Å²) >= 11 is 1.44. The van der Waals surface area contributed by atoms with Gasteiger partial charge < -0.3 is 14.4 Å². The van der Waals surface area contributed by atoms with Crippen molar-refractivity contribution >= 4 is 23.2 Å². The van der Waals surface area contributed by atoms with Crippen LogP contribution in [0.15, 0.2) is 41.8 Å². The van der Waals surface area contributed by atoms with E-state index in [2.05, 4.69) is 0 Å². The Morgan fingerprint density at radius 3 is 2.62 bits per heavy atom. The lowest BCUT2D eigenvalue weighted by Crippen LogP contribution is -2.40. The summed E-state index contributed by atoms with van der Waals surface area (Å²) in [5, 5.41) is 1.96. The van der Waals surface area contributed by atoms with Crippen molar-refractivity contribution in [3.8, 4) is 5.75 Å². The van der Waals surface area contributed by atoms with Crippen molar-refractivity contribution in [3.63, 3.8) is 0 Å². The van der Waals surface area contributed by atoms with E-state index in [1.54, 1.807) is 0 Å². The van der Waals surface area contributed by atoms with E-state index >= 15 is 0 Å². The van der Waals surface area contributed by atoms with E-state index < -0.39 is 0 Å². The molecule has 0 aliphatic carbocycles. The first-order valence-electron chi connectivity index (χ1n) is 8.88. The second-order valence-electron chi connectivity index (χ2n) is 6.24. The second kappa shape index (κ2) is 8.85. The molecule has 5 nitrogen and oxygen atoms in total. The molecule has 1 saturated heterocycles. The van der Waals surface area contributed by atoms with Gasteiger partial charge in [0.1, 0.15) is 12.4 Å². The SMILES string of the molecule is CCOC(=O)C1CCN(C(=O)c2cc(COc3ccccc3)cs2)CC1. The standard InChI is InChI=1S/C20H23NO4S/c1-2-24-20(23)16-8-10-21(11-9-16)19(22)18-12-15(14-26-18)13-25-17-6-4-3-5-7-17/h3-7,12,14,16H,2,8-11,13H2,1H3. The zero-order chi connectivity index (χ0) is 18.4. The van der Waals surface area contributed by atoms with Gasteiger partial charge in [-0.05, 0) is 43.3 Å². The minimum Gasteiger partial charge on any atom is -0.489 e. The normalized spacial score (nSPS) is 14.9. The molecule has 0 atom stereocenters. The summed E-state index contributed by atoms with van der Waals surface area (Å²) in [5.41, 5.74) is 0.989. The van der Waals surface area contributed by atoms with Gasteiger partial charge in [-0.25, -0.2) is 0 Å². The van der Waals surface area contributed by atoms with Gasteiger partial charge in [0.2, 0.25) is 0 Å². The average Bonchev–Trinajstić information content (AvgIpc) is 3.16. The molecule has 0 saturated carbocycles. The number of ether oxygens (including phenoxy) is 2. The number of likely N-dealkylation sites (tertiary alicyclic amines) is 1. The number of amides is 1. The highest BCUT2D eigenvalue weighted by atomic mass is 32.1. The topological polar surface area (TPSA) is 55.8 Å². The van der Waals surface area contributed by atoms with E-state index in [1.807, 2.05) is 53.6 Å². The number of para-hydroxylation sites is 1. The number of carbonyl (C=O) groups excluding carboxylic acids is 2. The molecular weight excluding hydrogens is 350 g/mol. The van der Waals surface area contributed by atoms with Crippen molar-refractivity contribution in [2.75, 3.05) is 19.7 Å². The van der Waals surface area contributed by atoms with Crippen LogP contribution in [0.5, 0.6) is 5.75 Å². The lowest BCUT2D eigenvalue weighted by molar-refractivity contribution is -0.149. The molecule has 2 heterocycles. The molecule has 1 fully saturated rings. The molecule has 1 aromatic heterocycles. The maximum Gasteiger partial charge on any atom is 0.309 e. The molecule has 0 spiro atoms. The summed E-state index contributed by atoms with van der Waals surface area (Å²) in [5.74, 6) is 0.615. The summed E-state index contributed by atoms with van der Waals surface area (Å²) < 4.78 is 10.8. The Balaban J connectivity index is 1.51. The molecule has 0 N–H and O–H groups in total. The van der Waals surface area contributed by atoms with E-state index in [0.29, 0.717) is 44.0 Å². The van der Waals surface area contributed by atoms with Crippen LogP contribution in [0.4, 0.5) is 0 Å². The van der Waals surface area contributed by atoms with Crippen molar-refractivity contribution in [1.29, 1.82) is 0 Å². The zero-order valence-electron chi connectivity index (χ0n) is 14.8. The van der Waals surface area contributed by atoms with Crippen LogP contribution in [0.1, 0.15) is 35.0 Å². The molecule has 1 amide bonds. The van der Waals surface area contributed by atoms with Crippen molar-refractivity contribution in [2.24, 2.45) is 5.92 Å². The average molecular weight is 373 g/mol. The maximum atomic E-state index is 12.7. The first-order valence-corrected chi connectivity index (χ1v) is 9.76. The first-order chi connectivity index (χ1) is 12.7. The predicted octanol–water partition coefficient (Wildman–Crippen LogP) is 3.74. The molecule has 3 rings (SSSR count). The fraction of sp³-hybridized carbons (Fsp3) is 0.400. The Hall–Kier alpha value is -2.34. The molecule has 0 unspecified atom stereocenters. The molecule has 1 aliphatic rings. The summed E-state index contributed by atoms with van der Waals surface area (Å²) in [6, 6.07) is 11.5. The summed E-state index contributed by atoms with van der Waals surface area (Å²) in [6.45, 7) is 3.85. The Labute approximate surface area is 157 Å². The third-order valence-electron chi connectivity index (χ3n) is 4.42. The van der Waals surface area contributed by atoms with Crippen LogP contribution >= 0.6 is 11.3 Å². The highest BCUT2D eigenvalue weighted by molar-refractivity contribution is 7.12. The zero-order valence-corrected chi connectivity index (χ0v) is 15.7. The smallest absolute Gasteiger partial charge is 0.309 e. The molecule has 138 valence electrons. The number of thiophene rings is 1. The van der Waals surface area contributed by atoms with Gasteiger partial charge in [-0.15, -0.1) is 11.3 Å². The number of piperidine rings is 1. The van der Waals surface area contributed by atoms with Crippen LogP contribution in [0.3, 0.4) is 0 Å². The van der Waals surface area contributed by atoms with Crippen molar-refractivity contribution in [1.82, 2.24) is 4.90 Å². The van der Waals surface area contributed by atoms with E-state index in [-0.39, 0.29) is 17.8 Å². The van der Waals surface area contributed by atoms with Crippen LogP contribution in [0.25, 0.3) is 0 Å². The Bertz CT molecular complexity index is 735. The highest BCUT2D eigenvalue weighted by Crippen LogP contribution is 2.23. The molecule has 26 heavy (non-hydrogen) atoms. The highest BCUT2D eigenvalue weighted by Gasteiger charge is 2.29. The van der Waals surface area contributed by atoms with Crippen molar-refractivity contribution in [3.05, 3.63) is 52.2 Å². The second-order valence-corrected chi connectivity index (χ2v) is 7.15. The number of rotatable bonds is 6. The Kier molecular flexibility index (Phi) is 6.28. The molecule has 1 aromatic carbocycles. The molecule has 1 aliphatic heterocycles. The van der Waals surface area contributed by atoms with Crippen molar-refractivity contribution < 1.29 is 19.1 Å². The van der Waals surface area contributed by atoms with Gasteiger partial charge in [0.05, 0.1) is 17.4 Å². The molecule has 6 heteroatoms. The van der Waals surface area contributed by atoms with E-state index in [1.165, 1.54) is 11.3 Å². The summed E-state index contributed by atoms with van der Waals surface area (Å²) in [7, 11) is 0. The maximum absolute atomic E-state index is 12.7. The van der Waals surface area contributed by atoms with E-state index in [0.717, 1.165) is 11.3 Å². The quantitative estimate of drug-likeness (QED) is 0.724. The lowest BCUT2D eigenvalue weighted by Gasteiger charge is -2.30. The third kappa shape index (κ3) is 4.64. The number of esters is 1. The van der Waals surface area contributed by atoms with Gasteiger partial charge >= 0.3 is 5.97 Å². The Morgan fingerprint density at radius 2 is 1.92 bits per heavy atom. The van der Waals surface area contributed by atoms with Gasteiger partial charge in [-0.3, -0.25) is 9.59 Å². The fourth-order valence-corrected chi connectivity index (χ4v) is 3.84. The minimum atomic E-state index is -0.143. The van der Waals surface area contributed by atoms with Crippen LogP contribution < -0.4 is 4.74 Å². The first kappa shape index (κ1) is 18.5. The summed E-state index contributed by atoms with van der Waals surface area (Å²) in [4.78, 5) is 27.0. The molecule has 0 radical (unpaired) electrons. The summed E-state index contributed by atoms with van der Waals surface area (Å²) in [6.07, 6.45) is 1.33. The van der Waals surface area contributed by atoms with Crippen LogP contribution in [0.2, 0.25) is 0 Å². The fourth-order valence-electron chi connectivity index (χ4n) is 2.98. The van der Waals surface area contributed by atoms with Gasteiger partial charge in [-0.2, -0.15) is 0 Å². The largest absolute Gasteiger partial charge is 0.489 e. The van der Waals surface area contributed by atoms with Gasteiger partial charge in [0, 0.05) is 18.7 Å². The molecular formula is C20H23NO4S. The van der Waals surface area contributed by atoms with Crippen LogP contribution in [-0.2, 0) is 16.1 Å². The molecule has 0 bridgehead atoms. The molecule has 2 aromatic rings. The van der Waals surface area contributed by atoms with E-state index in [9.17, 15) is 9.59 Å². The number of hydrogen-bond donors (Lipinski definition) is 0. The monoisotopic (exact) mass is 373 g/mol. The third-order valence-corrected chi connectivity index (χ3v) is 5.38. The number of hydrogen-bond acceptors (Lipinski definition) is 5. The van der Waals surface area contributed by atoms with Crippen LogP contribution in [-0.4, -0.2) is 36.5 Å². The van der Waals surface area contributed by atoms with Gasteiger partial charge in [0.15, 0.2) is 0 Å². The van der Waals surface area contributed by atoms with Crippen molar-refractivity contribution in [2.45, 2.75) is 26.4 Å². The predicted molar refractivity (Wildman–Crippen MR) is 100 cm³/mol. The van der Waals surface area contributed by atoms with E-state index in [4.69, 9.17) is 9.47 Å². The van der Waals surface area contributed by atoms with Gasteiger partial charge in [0.25, 0.3) is 5.91 Å². The van der Waals surface area contributed by atoms with Gasteiger partial charge in [-0.1, -0.05) is 18.2 Å².